The second kappa shape index (κ2) is 4.88. The summed E-state index contributed by atoms with van der Waals surface area (Å²) in [7, 11) is 0. The van der Waals surface area contributed by atoms with Crippen LogP contribution in [0.25, 0.3) is 0 Å². The van der Waals surface area contributed by atoms with Crippen LogP contribution in [-0.2, 0) is 12.8 Å². The van der Waals surface area contributed by atoms with E-state index in [1.165, 1.54) is 11.1 Å². The van der Waals surface area contributed by atoms with E-state index in [0.717, 1.165) is 31.7 Å². The maximum absolute atomic E-state index is 9.48. The molecule has 2 N–H and O–H groups in total. The Morgan fingerprint density at radius 1 is 1.22 bits per heavy atom. The number of aliphatic hydroxyl groups is 2. The maximum atomic E-state index is 9.48. The number of β-amino-alcohol motifs (C(OH)–C–C–N with tert-alkyl or cyclic N) is 2. The van der Waals surface area contributed by atoms with E-state index in [-0.39, 0.29) is 0 Å². The highest BCUT2D eigenvalue weighted by Crippen LogP contribution is 2.26. The molecule has 0 saturated carbocycles. The van der Waals surface area contributed by atoms with Crippen LogP contribution in [0.15, 0.2) is 18.2 Å². The molecule has 1 aromatic rings. The van der Waals surface area contributed by atoms with Gasteiger partial charge in [0.05, 0.1) is 18.8 Å². The fourth-order valence-electron chi connectivity index (χ4n) is 2.71. The summed E-state index contributed by atoms with van der Waals surface area (Å²) >= 11 is 0. The zero-order valence-electron chi connectivity index (χ0n) is 10.4. The largest absolute Gasteiger partial charge is 0.493 e. The number of ether oxygens (including phenoxy) is 1. The molecule has 0 radical (unpaired) electrons. The van der Waals surface area contributed by atoms with Gasteiger partial charge in [0.1, 0.15) is 5.75 Å². The molecule has 0 aromatic heterocycles. The quantitative estimate of drug-likeness (QED) is 0.803. The van der Waals surface area contributed by atoms with E-state index in [2.05, 4.69) is 17.0 Å². The Balaban J connectivity index is 1.57. The number of aliphatic hydroxyl groups excluding tert-OH is 2. The fourth-order valence-corrected chi connectivity index (χ4v) is 2.71. The molecule has 0 aliphatic carbocycles. The molecular weight excluding hydrogens is 230 g/mol. The molecule has 2 aliphatic rings. The minimum absolute atomic E-state index is 0.579. The summed E-state index contributed by atoms with van der Waals surface area (Å²) in [4.78, 5) is 2.11. The summed E-state index contributed by atoms with van der Waals surface area (Å²) in [5, 5.41) is 19.0. The van der Waals surface area contributed by atoms with Crippen molar-refractivity contribution < 1.29 is 14.9 Å². The smallest absolute Gasteiger partial charge is 0.122 e. The van der Waals surface area contributed by atoms with Gasteiger partial charge in [-0.1, -0.05) is 12.1 Å². The lowest BCUT2D eigenvalue weighted by Gasteiger charge is -2.14. The van der Waals surface area contributed by atoms with E-state index in [1.54, 1.807) is 0 Å². The molecule has 1 saturated heterocycles. The fraction of sp³-hybridized carbons (Fsp3) is 0.571. The number of likely N-dealkylation sites (tertiary alicyclic amines) is 1. The highest BCUT2D eigenvalue weighted by molar-refractivity contribution is 5.39. The van der Waals surface area contributed by atoms with Crippen molar-refractivity contribution in [1.29, 1.82) is 0 Å². The average Bonchev–Trinajstić information content (AvgIpc) is 2.94. The first-order valence-corrected chi connectivity index (χ1v) is 6.55. The van der Waals surface area contributed by atoms with Gasteiger partial charge in [-0.05, 0) is 23.6 Å². The van der Waals surface area contributed by atoms with E-state index >= 15 is 0 Å². The standard InChI is InChI=1S/C14H19NO3/c16-12-8-15(9-13(12)17)5-3-10-1-2-14-11(7-10)4-6-18-14/h1-2,7,12-13,16-17H,3-6,8-9H2. The number of fused-ring (bicyclic) bond motifs is 1. The minimum atomic E-state index is -0.585. The lowest BCUT2D eigenvalue weighted by atomic mass is 10.1. The first-order valence-electron chi connectivity index (χ1n) is 6.55. The van der Waals surface area contributed by atoms with Gasteiger partial charge in [0.15, 0.2) is 0 Å². The van der Waals surface area contributed by atoms with E-state index in [4.69, 9.17) is 4.74 Å². The monoisotopic (exact) mass is 249 g/mol. The van der Waals surface area contributed by atoms with Crippen LogP contribution in [0.1, 0.15) is 11.1 Å². The second-order valence-corrected chi connectivity index (χ2v) is 5.18. The van der Waals surface area contributed by atoms with Gasteiger partial charge >= 0.3 is 0 Å². The van der Waals surface area contributed by atoms with Crippen LogP contribution in [0.2, 0.25) is 0 Å². The third-order valence-electron chi connectivity index (χ3n) is 3.81. The summed E-state index contributed by atoms with van der Waals surface area (Å²) < 4.78 is 5.48. The first kappa shape index (κ1) is 12.0. The Hall–Kier alpha value is -1.10. The van der Waals surface area contributed by atoms with Crippen LogP contribution in [0.3, 0.4) is 0 Å². The van der Waals surface area contributed by atoms with Gasteiger partial charge in [0.25, 0.3) is 0 Å². The van der Waals surface area contributed by atoms with Crippen molar-refractivity contribution in [1.82, 2.24) is 4.90 Å². The molecule has 2 unspecified atom stereocenters. The summed E-state index contributed by atoms with van der Waals surface area (Å²) in [6.45, 7) is 2.83. The van der Waals surface area contributed by atoms with Crippen molar-refractivity contribution >= 4 is 0 Å². The van der Waals surface area contributed by atoms with Crippen LogP contribution in [0.5, 0.6) is 5.75 Å². The van der Waals surface area contributed by atoms with Gasteiger partial charge in [-0.15, -0.1) is 0 Å². The lowest BCUT2D eigenvalue weighted by Crippen LogP contribution is -2.24. The molecule has 0 amide bonds. The molecule has 2 heterocycles. The first-order chi connectivity index (χ1) is 8.72. The van der Waals surface area contributed by atoms with Crippen molar-refractivity contribution in [3.05, 3.63) is 29.3 Å². The molecule has 2 atom stereocenters. The Labute approximate surface area is 107 Å². The van der Waals surface area contributed by atoms with Crippen molar-refractivity contribution in [2.24, 2.45) is 0 Å². The van der Waals surface area contributed by atoms with Crippen molar-refractivity contribution in [3.63, 3.8) is 0 Å². The van der Waals surface area contributed by atoms with Crippen molar-refractivity contribution in [2.75, 3.05) is 26.2 Å². The van der Waals surface area contributed by atoms with Crippen LogP contribution in [0, 0.1) is 0 Å². The van der Waals surface area contributed by atoms with E-state index in [9.17, 15) is 10.2 Å². The highest BCUT2D eigenvalue weighted by Gasteiger charge is 2.28. The van der Waals surface area contributed by atoms with Gasteiger partial charge < -0.3 is 14.9 Å². The van der Waals surface area contributed by atoms with Crippen LogP contribution >= 0.6 is 0 Å². The molecule has 1 aromatic carbocycles. The Morgan fingerprint density at radius 2 is 2.00 bits per heavy atom. The summed E-state index contributed by atoms with van der Waals surface area (Å²) in [5.41, 5.74) is 2.60. The molecule has 98 valence electrons. The van der Waals surface area contributed by atoms with Gasteiger partial charge in [-0.2, -0.15) is 0 Å². The molecule has 4 heteroatoms. The predicted molar refractivity (Wildman–Crippen MR) is 67.8 cm³/mol. The van der Waals surface area contributed by atoms with Crippen LogP contribution < -0.4 is 4.74 Å². The Morgan fingerprint density at radius 3 is 2.78 bits per heavy atom. The molecule has 3 rings (SSSR count). The molecule has 2 aliphatic heterocycles. The molecule has 0 spiro atoms. The SMILES string of the molecule is OC1CN(CCc2ccc3c(c2)CCO3)CC1O. The maximum Gasteiger partial charge on any atom is 0.122 e. The van der Waals surface area contributed by atoms with Gasteiger partial charge in [-0.3, -0.25) is 4.90 Å². The molecule has 18 heavy (non-hydrogen) atoms. The van der Waals surface area contributed by atoms with Gasteiger partial charge in [0.2, 0.25) is 0 Å². The Bertz CT molecular complexity index is 425. The Kier molecular flexibility index (Phi) is 3.24. The number of nitrogens with zero attached hydrogens (tertiary/aromatic N) is 1. The van der Waals surface area contributed by atoms with E-state index < -0.39 is 12.2 Å². The zero-order valence-corrected chi connectivity index (χ0v) is 10.4. The van der Waals surface area contributed by atoms with Crippen molar-refractivity contribution in [2.45, 2.75) is 25.0 Å². The average molecular weight is 249 g/mol. The molecule has 0 bridgehead atoms. The van der Waals surface area contributed by atoms with Crippen LogP contribution in [-0.4, -0.2) is 53.6 Å². The second-order valence-electron chi connectivity index (χ2n) is 5.18. The normalized spacial score (nSPS) is 27.2. The van der Waals surface area contributed by atoms with Crippen molar-refractivity contribution in [3.8, 4) is 5.75 Å². The highest BCUT2D eigenvalue weighted by atomic mass is 16.5. The summed E-state index contributed by atoms with van der Waals surface area (Å²) in [6.07, 6.45) is 0.786. The van der Waals surface area contributed by atoms with Gasteiger partial charge in [-0.25, -0.2) is 0 Å². The third-order valence-corrected chi connectivity index (χ3v) is 3.81. The van der Waals surface area contributed by atoms with E-state index in [1.807, 2.05) is 6.07 Å². The summed E-state index contributed by atoms with van der Waals surface area (Å²) in [5.74, 6) is 1.02. The third kappa shape index (κ3) is 2.36. The number of hydrogen-bond acceptors (Lipinski definition) is 4. The minimum Gasteiger partial charge on any atom is -0.493 e. The van der Waals surface area contributed by atoms with Crippen LogP contribution in [0.4, 0.5) is 0 Å². The number of benzene rings is 1. The predicted octanol–water partition coefficient (Wildman–Crippen LogP) is 0.201. The molecule has 4 nitrogen and oxygen atoms in total. The molecule has 1 fully saturated rings. The van der Waals surface area contributed by atoms with E-state index in [0.29, 0.717) is 13.1 Å². The number of rotatable bonds is 3. The number of hydrogen-bond donors (Lipinski definition) is 2. The molecular formula is C14H19NO3. The lowest BCUT2D eigenvalue weighted by molar-refractivity contribution is 0.0572. The zero-order chi connectivity index (χ0) is 12.5. The topological polar surface area (TPSA) is 52.9 Å². The summed E-state index contributed by atoms with van der Waals surface area (Å²) in [6, 6.07) is 6.36. The van der Waals surface area contributed by atoms with Gasteiger partial charge in [0, 0.05) is 26.1 Å².